The molecule has 0 spiro atoms. The minimum Gasteiger partial charge on any atom is -0.370 e. The third-order valence-corrected chi connectivity index (χ3v) is 3.43. The number of aromatic amines is 1. The number of morpholine rings is 1. The summed E-state index contributed by atoms with van der Waals surface area (Å²) in [6, 6.07) is 8.33. The predicted molar refractivity (Wildman–Crippen MR) is 75.9 cm³/mol. The summed E-state index contributed by atoms with van der Waals surface area (Å²) in [5.41, 5.74) is 1.02. The lowest BCUT2D eigenvalue weighted by Crippen LogP contribution is -2.42. The summed E-state index contributed by atoms with van der Waals surface area (Å²) in [5.74, 6) is -0.185. The second-order valence-electron chi connectivity index (χ2n) is 4.82. The van der Waals surface area contributed by atoms with Gasteiger partial charge in [0, 0.05) is 25.0 Å². The molecule has 6 nitrogen and oxygen atoms in total. The first kappa shape index (κ1) is 13.5. The fourth-order valence-electron chi connectivity index (χ4n) is 2.36. The summed E-state index contributed by atoms with van der Waals surface area (Å²) in [7, 11) is 0. The molecule has 1 N–H and O–H groups in total. The summed E-state index contributed by atoms with van der Waals surface area (Å²) in [5, 5.41) is 0. The van der Waals surface area contributed by atoms with Crippen LogP contribution in [-0.4, -0.2) is 40.5 Å². The van der Waals surface area contributed by atoms with Crippen LogP contribution in [0, 0.1) is 0 Å². The number of pyridine rings is 2. The van der Waals surface area contributed by atoms with Gasteiger partial charge in [0.2, 0.25) is 5.56 Å². The number of hydrogen-bond acceptors (Lipinski definition) is 4. The molecular formula is C15H15N3O3. The zero-order valence-electron chi connectivity index (χ0n) is 11.4. The molecule has 1 aliphatic heterocycles. The Kier molecular flexibility index (Phi) is 3.79. The van der Waals surface area contributed by atoms with Gasteiger partial charge in [0.25, 0.3) is 5.91 Å². The van der Waals surface area contributed by atoms with Crippen molar-refractivity contribution in [3.05, 3.63) is 64.3 Å². The number of aromatic nitrogens is 2. The maximum absolute atomic E-state index is 12.4. The number of carbonyl (C=O) groups is 1. The third kappa shape index (κ3) is 3.00. The van der Waals surface area contributed by atoms with Gasteiger partial charge in [-0.05, 0) is 23.8 Å². The average Bonchev–Trinajstić information content (AvgIpc) is 2.55. The Morgan fingerprint density at radius 3 is 2.86 bits per heavy atom. The highest BCUT2D eigenvalue weighted by Gasteiger charge is 2.26. The second-order valence-corrected chi connectivity index (χ2v) is 4.82. The summed E-state index contributed by atoms with van der Waals surface area (Å²) >= 11 is 0. The van der Waals surface area contributed by atoms with Gasteiger partial charge in [-0.15, -0.1) is 0 Å². The lowest BCUT2D eigenvalue weighted by atomic mass is 10.1. The van der Waals surface area contributed by atoms with Gasteiger partial charge in [0.15, 0.2) is 0 Å². The van der Waals surface area contributed by atoms with Crippen molar-refractivity contribution in [1.82, 2.24) is 14.9 Å². The van der Waals surface area contributed by atoms with Crippen LogP contribution in [0.4, 0.5) is 0 Å². The zero-order valence-corrected chi connectivity index (χ0v) is 11.4. The molecule has 108 valence electrons. The van der Waals surface area contributed by atoms with Crippen LogP contribution >= 0.6 is 0 Å². The molecular weight excluding hydrogens is 270 g/mol. The normalized spacial score (nSPS) is 18.5. The first-order chi connectivity index (χ1) is 10.2. The molecule has 2 aromatic heterocycles. The number of rotatable bonds is 2. The van der Waals surface area contributed by atoms with Crippen LogP contribution < -0.4 is 5.56 Å². The van der Waals surface area contributed by atoms with E-state index in [-0.39, 0.29) is 17.6 Å². The van der Waals surface area contributed by atoms with Crippen molar-refractivity contribution >= 4 is 5.91 Å². The lowest BCUT2D eigenvalue weighted by molar-refractivity contribution is -0.0230. The summed E-state index contributed by atoms with van der Waals surface area (Å²) in [4.78, 5) is 32.0. The van der Waals surface area contributed by atoms with E-state index in [1.54, 1.807) is 29.4 Å². The monoisotopic (exact) mass is 285 g/mol. The standard InChI is InChI=1S/C15H15N3O3/c19-14-3-1-2-12(17-14)15(20)18-8-9-21-13(10-18)11-4-6-16-7-5-11/h1-7,13H,8-10H2,(H,17,19). The molecule has 0 aromatic carbocycles. The van der Waals surface area contributed by atoms with Gasteiger partial charge in [0.05, 0.1) is 13.2 Å². The summed E-state index contributed by atoms with van der Waals surface area (Å²) in [6.45, 7) is 1.44. The van der Waals surface area contributed by atoms with E-state index in [4.69, 9.17) is 4.74 Å². The number of ether oxygens (including phenoxy) is 1. The van der Waals surface area contributed by atoms with E-state index in [0.29, 0.717) is 25.4 Å². The fourth-order valence-corrected chi connectivity index (χ4v) is 2.36. The molecule has 1 amide bonds. The van der Waals surface area contributed by atoms with Crippen molar-refractivity contribution in [2.24, 2.45) is 0 Å². The Hall–Kier alpha value is -2.47. The smallest absolute Gasteiger partial charge is 0.270 e. The van der Waals surface area contributed by atoms with E-state index in [9.17, 15) is 9.59 Å². The van der Waals surface area contributed by atoms with Crippen molar-refractivity contribution in [2.45, 2.75) is 6.10 Å². The highest BCUT2D eigenvalue weighted by molar-refractivity contribution is 5.92. The minimum atomic E-state index is -0.278. The van der Waals surface area contributed by atoms with Crippen LogP contribution in [0.25, 0.3) is 0 Å². The minimum absolute atomic E-state index is 0.166. The molecule has 0 saturated carbocycles. The fraction of sp³-hybridized carbons (Fsp3) is 0.267. The average molecular weight is 285 g/mol. The molecule has 3 rings (SSSR count). The van der Waals surface area contributed by atoms with E-state index < -0.39 is 0 Å². The molecule has 0 bridgehead atoms. The molecule has 2 aromatic rings. The second kappa shape index (κ2) is 5.88. The first-order valence-corrected chi connectivity index (χ1v) is 6.74. The van der Waals surface area contributed by atoms with Crippen LogP contribution in [0.5, 0.6) is 0 Å². The molecule has 1 saturated heterocycles. The van der Waals surface area contributed by atoms with Crippen LogP contribution in [0.1, 0.15) is 22.2 Å². The maximum atomic E-state index is 12.4. The van der Waals surface area contributed by atoms with Gasteiger partial charge >= 0.3 is 0 Å². The van der Waals surface area contributed by atoms with Crippen molar-refractivity contribution in [3.8, 4) is 0 Å². The number of nitrogens with one attached hydrogen (secondary N) is 1. The van der Waals surface area contributed by atoms with E-state index in [1.807, 2.05) is 12.1 Å². The topological polar surface area (TPSA) is 75.3 Å². The van der Waals surface area contributed by atoms with Crippen LogP contribution in [0.2, 0.25) is 0 Å². The molecule has 1 unspecified atom stereocenters. The van der Waals surface area contributed by atoms with Crippen molar-refractivity contribution in [1.29, 1.82) is 0 Å². The van der Waals surface area contributed by atoms with E-state index in [2.05, 4.69) is 9.97 Å². The van der Waals surface area contributed by atoms with E-state index >= 15 is 0 Å². The Bertz CT molecular complexity index is 684. The lowest BCUT2D eigenvalue weighted by Gasteiger charge is -2.33. The maximum Gasteiger partial charge on any atom is 0.270 e. The summed E-state index contributed by atoms with van der Waals surface area (Å²) < 4.78 is 5.71. The van der Waals surface area contributed by atoms with Gasteiger partial charge in [-0.25, -0.2) is 0 Å². The summed E-state index contributed by atoms with van der Waals surface area (Å²) in [6.07, 6.45) is 3.24. The van der Waals surface area contributed by atoms with Gasteiger partial charge in [-0.1, -0.05) is 6.07 Å². The van der Waals surface area contributed by atoms with Crippen LogP contribution in [0.3, 0.4) is 0 Å². The van der Waals surface area contributed by atoms with Crippen molar-refractivity contribution in [3.63, 3.8) is 0 Å². The Morgan fingerprint density at radius 1 is 1.29 bits per heavy atom. The first-order valence-electron chi connectivity index (χ1n) is 6.74. The predicted octanol–water partition coefficient (Wildman–Crippen LogP) is 0.984. The van der Waals surface area contributed by atoms with Gasteiger partial charge in [0.1, 0.15) is 11.8 Å². The molecule has 21 heavy (non-hydrogen) atoms. The van der Waals surface area contributed by atoms with Crippen LogP contribution in [0.15, 0.2) is 47.5 Å². The highest BCUT2D eigenvalue weighted by Crippen LogP contribution is 2.22. The van der Waals surface area contributed by atoms with E-state index in [0.717, 1.165) is 5.56 Å². The molecule has 1 atom stereocenters. The molecule has 6 heteroatoms. The number of hydrogen-bond donors (Lipinski definition) is 1. The number of carbonyl (C=O) groups excluding carboxylic acids is 1. The molecule has 0 radical (unpaired) electrons. The molecule has 3 heterocycles. The van der Waals surface area contributed by atoms with Crippen LogP contribution in [-0.2, 0) is 4.74 Å². The highest BCUT2D eigenvalue weighted by atomic mass is 16.5. The third-order valence-electron chi connectivity index (χ3n) is 3.43. The largest absolute Gasteiger partial charge is 0.370 e. The SMILES string of the molecule is O=C(c1cccc(=O)[nH]1)N1CCOC(c2ccncc2)C1. The Balaban J connectivity index is 1.77. The van der Waals surface area contributed by atoms with Gasteiger partial charge in [-0.2, -0.15) is 0 Å². The Morgan fingerprint density at radius 2 is 2.10 bits per heavy atom. The molecule has 0 aliphatic carbocycles. The number of amides is 1. The van der Waals surface area contributed by atoms with Gasteiger partial charge in [-0.3, -0.25) is 14.6 Å². The Labute approximate surface area is 121 Å². The van der Waals surface area contributed by atoms with Crippen molar-refractivity contribution in [2.75, 3.05) is 19.7 Å². The zero-order chi connectivity index (χ0) is 14.7. The van der Waals surface area contributed by atoms with E-state index in [1.165, 1.54) is 6.07 Å². The molecule has 1 fully saturated rings. The quantitative estimate of drug-likeness (QED) is 0.892. The number of H-pyrrole nitrogens is 1. The van der Waals surface area contributed by atoms with Gasteiger partial charge < -0.3 is 14.6 Å². The van der Waals surface area contributed by atoms with Crippen molar-refractivity contribution < 1.29 is 9.53 Å². The molecule has 1 aliphatic rings. The number of nitrogens with zero attached hydrogens (tertiary/aromatic N) is 2.